The van der Waals surface area contributed by atoms with Crippen LogP contribution in [-0.4, -0.2) is 60.0 Å². The first kappa shape index (κ1) is 30.4. The summed E-state index contributed by atoms with van der Waals surface area (Å²) in [6.45, 7) is 5.82. The molecule has 0 unspecified atom stereocenters. The van der Waals surface area contributed by atoms with E-state index in [1.165, 1.54) is 28.2 Å². The SMILES string of the molecule is C=CC(=O)N1CCn2nc(-c3nc(-c4ccc5ncc(=O)n(C)c5c4)c4ccsc4c3-c3c(F)cc(F)cc3OCCO)cc2[C@H]1C. The molecule has 1 N–H and O–H groups in total. The number of aliphatic hydroxyl groups excluding tert-OH is 1. The maximum atomic E-state index is 16.0. The van der Waals surface area contributed by atoms with E-state index in [0.717, 1.165) is 17.8 Å². The average Bonchev–Trinajstić information content (AvgIpc) is 3.73. The molecule has 0 spiro atoms. The van der Waals surface area contributed by atoms with Crippen LogP contribution in [0.3, 0.4) is 0 Å². The van der Waals surface area contributed by atoms with E-state index in [2.05, 4.69) is 11.6 Å². The molecule has 6 aromatic rings. The predicted molar refractivity (Wildman–Crippen MR) is 175 cm³/mol. The first-order valence-corrected chi connectivity index (χ1v) is 15.7. The van der Waals surface area contributed by atoms with Crippen molar-refractivity contribution >= 4 is 38.4 Å². The Bertz CT molecular complexity index is 2290. The number of thiophene rings is 1. The van der Waals surface area contributed by atoms with Gasteiger partial charge in [-0.2, -0.15) is 5.10 Å². The fourth-order valence-electron chi connectivity index (χ4n) is 6.14. The Morgan fingerprint density at radius 1 is 1.15 bits per heavy atom. The number of benzene rings is 2. The van der Waals surface area contributed by atoms with E-state index in [0.29, 0.717) is 62.4 Å². The van der Waals surface area contributed by atoms with Gasteiger partial charge in [0.15, 0.2) is 0 Å². The summed E-state index contributed by atoms with van der Waals surface area (Å²) in [5.41, 5.74) is 4.02. The van der Waals surface area contributed by atoms with Gasteiger partial charge in [0.2, 0.25) is 5.91 Å². The minimum absolute atomic E-state index is 0.0195. The van der Waals surface area contributed by atoms with E-state index in [-0.39, 0.29) is 42.0 Å². The van der Waals surface area contributed by atoms with Crippen molar-refractivity contribution in [1.82, 2.24) is 29.2 Å². The van der Waals surface area contributed by atoms with Gasteiger partial charge in [-0.3, -0.25) is 14.3 Å². The van der Waals surface area contributed by atoms with Gasteiger partial charge >= 0.3 is 0 Å². The summed E-state index contributed by atoms with van der Waals surface area (Å²) in [6, 6.07) is 10.7. The standard InChI is InChI=1S/C34H28F2N6O4S/c1-4-28(44)41-8-9-42-25(18(41)2)16-24(39-42)33-31(30-22(36)14-20(35)15-27(30)46-11-10-43)34-21(7-12-47-34)32(38-33)19-5-6-23-26(13-19)40(3)29(45)17-37-23/h4-7,12-18,43H,1,8-11H2,2-3H3/t18-/m1/s1. The van der Waals surface area contributed by atoms with Crippen molar-refractivity contribution in [2.75, 3.05) is 19.8 Å². The molecule has 13 heteroatoms. The smallest absolute Gasteiger partial charge is 0.269 e. The summed E-state index contributed by atoms with van der Waals surface area (Å²) in [7, 11) is 1.67. The van der Waals surface area contributed by atoms with Gasteiger partial charge in [-0.15, -0.1) is 11.3 Å². The van der Waals surface area contributed by atoms with Crippen LogP contribution < -0.4 is 10.3 Å². The summed E-state index contributed by atoms with van der Waals surface area (Å²) in [5, 5.41) is 16.9. The molecule has 2 aromatic carbocycles. The van der Waals surface area contributed by atoms with Crippen molar-refractivity contribution in [3.8, 4) is 39.5 Å². The number of fused-ring (bicyclic) bond motifs is 3. The second-order valence-electron chi connectivity index (χ2n) is 11.1. The lowest BCUT2D eigenvalue weighted by atomic mass is 9.96. The van der Waals surface area contributed by atoms with Gasteiger partial charge in [0.05, 0.1) is 53.4 Å². The number of halogens is 2. The highest BCUT2D eigenvalue weighted by atomic mass is 32.1. The van der Waals surface area contributed by atoms with Crippen LogP contribution in [0, 0.1) is 11.6 Å². The molecule has 0 fully saturated rings. The number of ether oxygens (including phenoxy) is 1. The van der Waals surface area contributed by atoms with Crippen molar-refractivity contribution in [3.05, 3.63) is 94.4 Å². The van der Waals surface area contributed by atoms with E-state index >= 15 is 4.39 Å². The molecule has 1 amide bonds. The molecule has 0 aliphatic carbocycles. The molecule has 0 bridgehead atoms. The van der Waals surface area contributed by atoms with Crippen molar-refractivity contribution in [2.45, 2.75) is 19.5 Å². The fourth-order valence-corrected chi connectivity index (χ4v) is 7.09. The summed E-state index contributed by atoms with van der Waals surface area (Å²) in [4.78, 5) is 36.1. The third-order valence-electron chi connectivity index (χ3n) is 8.44. The van der Waals surface area contributed by atoms with Crippen molar-refractivity contribution in [1.29, 1.82) is 0 Å². The number of carbonyl (C=O) groups is 1. The number of pyridine rings is 1. The Hall–Kier alpha value is -5.27. The molecular weight excluding hydrogens is 626 g/mol. The van der Waals surface area contributed by atoms with Gasteiger partial charge in [-0.25, -0.2) is 18.7 Å². The van der Waals surface area contributed by atoms with Crippen LogP contribution in [0.1, 0.15) is 18.7 Å². The fraction of sp³-hybridized carbons (Fsp3) is 0.206. The average molecular weight is 655 g/mol. The van der Waals surface area contributed by atoms with E-state index in [1.54, 1.807) is 22.7 Å². The number of rotatable bonds is 7. The molecule has 0 radical (unpaired) electrons. The largest absolute Gasteiger partial charge is 0.490 e. The lowest BCUT2D eigenvalue weighted by molar-refractivity contribution is -0.129. The number of aliphatic hydroxyl groups is 1. The monoisotopic (exact) mass is 654 g/mol. The zero-order chi connectivity index (χ0) is 33.0. The van der Waals surface area contributed by atoms with Crippen molar-refractivity contribution < 1.29 is 23.4 Å². The van der Waals surface area contributed by atoms with E-state index < -0.39 is 11.6 Å². The number of aryl methyl sites for hydroxylation is 1. The number of nitrogens with zero attached hydrogens (tertiary/aromatic N) is 6. The van der Waals surface area contributed by atoms with Gasteiger partial charge in [0.25, 0.3) is 5.56 Å². The molecule has 1 aliphatic heterocycles. The number of hydrogen-bond acceptors (Lipinski definition) is 8. The molecule has 7 rings (SSSR count). The van der Waals surface area contributed by atoms with Gasteiger partial charge < -0.3 is 19.3 Å². The number of hydrogen-bond donors (Lipinski definition) is 1. The zero-order valence-electron chi connectivity index (χ0n) is 25.4. The van der Waals surface area contributed by atoms with E-state index in [1.807, 2.05) is 36.6 Å². The second kappa shape index (κ2) is 11.8. The Kier molecular flexibility index (Phi) is 7.65. The molecule has 47 heavy (non-hydrogen) atoms. The maximum absolute atomic E-state index is 16.0. The molecule has 0 saturated carbocycles. The summed E-state index contributed by atoms with van der Waals surface area (Å²) in [6.07, 6.45) is 2.55. The highest BCUT2D eigenvalue weighted by Crippen LogP contribution is 2.47. The van der Waals surface area contributed by atoms with E-state index in [4.69, 9.17) is 14.8 Å². The first-order valence-electron chi connectivity index (χ1n) is 14.8. The van der Waals surface area contributed by atoms with Crippen molar-refractivity contribution in [3.63, 3.8) is 0 Å². The first-order chi connectivity index (χ1) is 22.7. The number of aromatic nitrogens is 5. The lowest BCUT2D eigenvalue weighted by Gasteiger charge is -2.33. The van der Waals surface area contributed by atoms with E-state index in [9.17, 15) is 19.1 Å². The predicted octanol–water partition coefficient (Wildman–Crippen LogP) is 5.48. The molecule has 4 aromatic heterocycles. The van der Waals surface area contributed by atoms with Crippen LogP contribution in [0.4, 0.5) is 8.78 Å². The van der Waals surface area contributed by atoms with Crippen molar-refractivity contribution in [2.24, 2.45) is 7.05 Å². The normalized spacial score (nSPS) is 14.5. The number of amides is 1. The molecule has 1 aliphatic rings. The van der Waals surface area contributed by atoms with Gasteiger partial charge in [0.1, 0.15) is 35.4 Å². The zero-order valence-corrected chi connectivity index (χ0v) is 26.2. The third-order valence-corrected chi connectivity index (χ3v) is 9.37. The molecule has 238 valence electrons. The number of carbonyl (C=O) groups excluding carboxylic acids is 1. The molecule has 5 heterocycles. The van der Waals surface area contributed by atoms with Crippen LogP contribution in [0.25, 0.3) is 54.9 Å². The molecule has 1 atom stereocenters. The lowest BCUT2D eigenvalue weighted by Crippen LogP contribution is -2.40. The van der Waals surface area contributed by atoms with Crippen LogP contribution in [0.2, 0.25) is 0 Å². The van der Waals surface area contributed by atoms with Gasteiger partial charge in [0, 0.05) is 46.9 Å². The molecular formula is C34H28F2N6O4S. The molecule has 10 nitrogen and oxygen atoms in total. The Labute approximate surface area is 270 Å². The highest BCUT2D eigenvalue weighted by Gasteiger charge is 2.31. The Morgan fingerprint density at radius 3 is 2.77 bits per heavy atom. The summed E-state index contributed by atoms with van der Waals surface area (Å²) < 4.78 is 40.2. The highest BCUT2D eigenvalue weighted by molar-refractivity contribution is 7.18. The Balaban J connectivity index is 1.53. The maximum Gasteiger partial charge on any atom is 0.269 e. The topological polar surface area (TPSA) is 115 Å². The Morgan fingerprint density at radius 2 is 1.98 bits per heavy atom. The molecule has 0 saturated heterocycles. The second-order valence-corrected chi connectivity index (χ2v) is 12.0. The third kappa shape index (κ3) is 5.07. The minimum Gasteiger partial charge on any atom is -0.490 e. The van der Waals surface area contributed by atoms with Gasteiger partial charge in [-0.05, 0) is 42.6 Å². The van der Waals surface area contributed by atoms with Crippen LogP contribution in [0.5, 0.6) is 5.75 Å². The van der Waals surface area contributed by atoms with Gasteiger partial charge in [-0.1, -0.05) is 12.6 Å². The minimum atomic E-state index is -0.865. The van der Waals surface area contributed by atoms with Crippen LogP contribution in [-0.2, 0) is 18.4 Å². The quantitative estimate of drug-likeness (QED) is 0.227. The summed E-state index contributed by atoms with van der Waals surface area (Å²) >= 11 is 1.35. The summed E-state index contributed by atoms with van der Waals surface area (Å²) in [5.74, 6) is -1.99. The van der Waals surface area contributed by atoms with Crippen LogP contribution >= 0.6 is 11.3 Å². The van der Waals surface area contributed by atoms with Crippen LogP contribution in [0.15, 0.2) is 71.5 Å².